The van der Waals surface area contributed by atoms with Crippen LogP contribution < -0.4 is 5.73 Å². The molecule has 0 bridgehead atoms. The number of carboxylic acid groups (broad SMARTS) is 1. The molecular formula is C11H16N4O2. The van der Waals surface area contributed by atoms with Gasteiger partial charge in [-0.2, -0.15) is 0 Å². The first-order chi connectivity index (χ1) is 8.15. The molecule has 0 spiro atoms. The second-order valence-corrected chi connectivity index (χ2v) is 4.13. The average Bonchev–Trinajstić information content (AvgIpc) is 2.29. The van der Waals surface area contributed by atoms with Crippen LogP contribution in [0.5, 0.6) is 0 Å². The van der Waals surface area contributed by atoms with E-state index in [1.807, 2.05) is 12.1 Å². The van der Waals surface area contributed by atoms with Crippen LogP contribution in [0.15, 0.2) is 18.3 Å². The van der Waals surface area contributed by atoms with Crippen molar-refractivity contribution in [1.29, 1.82) is 0 Å². The van der Waals surface area contributed by atoms with Crippen molar-refractivity contribution in [3.05, 3.63) is 23.9 Å². The quantitative estimate of drug-likeness (QED) is 0.779. The van der Waals surface area contributed by atoms with Crippen LogP contribution in [0.2, 0.25) is 0 Å². The number of pyridine rings is 1. The maximum Gasteiger partial charge on any atom is 0.407 e. The normalized spacial score (nSPS) is 17.1. The van der Waals surface area contributed by atoms with Crippen LogP contribution in [0.3, 0.4) is 0 Å². The van der Waals surface area contributed by atoms with E-state index >= 15 is 0 Å². The Balaban J connectivity index is 1.88. The van der Waals surface area contributed by atoms with Crippen LogP contribution in [-0.4, -0.2) is 52.2 Å². The van der Waals surface area contributed by atoms with Crippen molar-refractivity contribution in [3.63, 3.8) is 0 Å². The van der Waals surface area contributed by atoms with Gasteiger partial charge in [0.05, 0.1) is 0 Å². The number of nitrogens with zero attached hydrogens (tertiary/aromatic N) is 3. The van der Waals surface area contributed by atoms with Gasteiger partial charge >= 0.3 is 6.09 Å². The van der Waals surface area contributed by atoms with Gasteiger partial charge in [0, 0.05) is 38.9 Å². The molecule has 0 atom stereocenters. The Kier molecular flexibility index (Phi) is 3.43. The Hall–Kier alpha value is -1.82. The number of carbonyl (C=O) groups is 1. The zero-order chi connectivity index (χ0) is 12.3. The molecule has 1 fully saturated rings. The Labute approximate surface area is 99.7 Å². The van der Waals surface area contributed by atoms with Gasteiger partial charge in [0.2, 0.25) is 0 Å². The fourth-order valence-electron chi connectivity index (χ4n) is 1.95. The summed E-state index contributed by atoms with van der Waals surface area (Å²) in [5, 5.41) is 8.83. The fourth-order valence-corrected chi connectivity index (χ4v) is 1.95. The number of nitrogen functional groups attached to an aromatic ring is 1. The highest BCUT2D eigenvalue weighted by atomic mass is 16.4. The summed E-state index contributed by atoms with van der Waals surface area (Å²) in [5.41, 5.74) is 6.72. The molecule has 3 N–H and O–H groups in total. The van der Waals surface area contributed by atoms with Crippen LogP contribution in [0, 0.1) is 0 Å². The number of anilines is 1. The molecule has 0 unspecified atom stereocenters. The van der Waals surface area contributed by atoms with Gasteiger partial charge in [0.15, 0.2) is 0 Å². The number of aromatic nitrogens is 1. The van der Waals surface area contributed by atoms with Crippen molar-refractivity contribution >= 4 is 11.9 Å². The van der Waals surface area contributed by atoms with Gasteiger partial charge in [-0.15, -0.1) is 0 Å². The Morgan fingerprint density at radius 3 is 2.71 bits per heavy atom. The molecule has 2 rings (SSSR count). The van der Waals surface area contributed by atoms with E-state index in [1.165, 1.54) is 4.90 Å². The SMILES string of the molecule is Nc1cc(CN2CCN(C(=O)O)CC2)ccn1. The maximum absolute atomic E-state index is 10.7. The van der Waals surface area contributed by atoms with Gasteiger partial charge in [-0.1, -0.05) is 0 Å². The summed E-state index contributed by atoms with van der Waals surface area (Å²) in [4.78, 5) is 18.3. The third-order valence-electron chi connectivity index (χ3n) is 2.89. The minimum absolute atomic E-state index is 0.520. The molecule has 0 radical (unpaired) electrons. The van der Waals surface area contributed by atoms with E-state index < -0.39 is 6.09 Å². The van der Waals surface area contributed by atoms with E-state index in [0.717, 1.165) is 25.2 Å². The van der Waals surface area contributed by atoms with E-state index in [2.05, 4.69) is 9.88 Å². The Morgan fingerprint density at radius 2 is 2.12 bits per heavy atom. The first kappa shape index (κ1) is 11.7. The van der Waals surface area contributed by atoms with Crippen molar-refractivity contribution in [2.75, 3.05) is 31.9 Å². The van der Waals surface area contributed by atoms with Crippen molar-refractivity contribution in [2.24, 2.45) is 0 Å². The average molecular weight is 236 g/mol. The lowest BCUT2D eigenvalue weighted by Crippen LogP contribution is -2.47. The van der Waals surface area contributed by atoms with Crippen LogP contribution in [0.4, 0.5) is 10.6 Å². The summed E-state index contributed by atoms with van der Waals surface area (Å²) in [5.74, 6) is 0.520. The first-order valence-corrected chi connectivity index (χ1v) is 5.56. The number of hydrogen-bond donors (Lipinski definition) is 2. The highest BCUT2D eigenvalue weighted by molar-refractivity contribution is 5.65. The number of amides is 1. The van der Waals surface area contributed by atoms with Crippen LogP contribution in [0.1, 0.15) is 5.56 Å². The molecular weight excluding hydrogens is 220 g/mol. The van der Waals surface area contributed by atoms with Crippen LogP contribution >= 0.6 is 0 Å². The zero-order valence-electron chi connectivity index (χ0n) is 9.54. The lowest BCUT2D eigenvalue weighted by molar-refractivity contribution is 0.103. The molecule has 1 saturated heterocycles. The molecule has 1 aromatic rings. The summed E-state index contributed by atoms with van der Waals surface area (Å²) in [6, 6.07) is 3.78. The maximum atomic E-state index is 10.7. The van der Waals surface area contributed by atoms with Gasteiger partial charge in [-0.05, 0) is 17.7 Å². The molecule has 0 aromatic carbocycles. The second kappa shape index (κ2) is 5.01. The summed E-state index contributed by atoms with van der Waals surface area (Å²) >= 11 is 0. The largest absolute Gasteiger partial charge is 0.465 e. The van der Waals surface area contributed by atoms with Crippen molar-refractivity contribution < 1.29 is 9.90 Å². The second-order valence-electron chi connectivity index (χ2n) is 4.13. The molecule has 1 aromatic heterocycles. The van der Waals surface area contributed by atoms with Crippen LogP contribution in [-0.2, 0) is 6.54 Å². The minimum Gasteiger partial charge on any atom is -0.465 e. The summed E-state index contributed by atoms with van der Waals surface area (Å²) < 4.78 is 0. The molecule has 0 saturated carbocycles. The predicted molar refractivity (Wildman–Crippen MR) is 63.5 cm³/mol. The highest BCUT2D eigenvalue weighted by Crippen LogP contribution is 2.09. The van der Waals surface area contributed by atoms with Crippen molar-refractivity contribution in [2.45, 2.75) is 6.54 Å². The molecule has 6 heteroatoms. The molecule has 92 valence electrons. The molecule has 1 amide bonds. The van der Waals surface area contributed by atoms with E-state index in [0.29, 0.717) is 18.9 Å². The summed E-state index contributed by atoms with van der Waals surface area (Å²) in [6.45, 7) is 3.44. The van der Waals surface area contributed by atoms with Gasteiger partial charge in [0.25, 0.3) is 0 Å². The number of hydrogen-bond acceptors (Lipinski definition) is 4. The standard InChI is InChI=1S/C11H16N4O2/c12-10-7-9(1-2-13-10)8-14-3-5-15(6-4-14)11(16)17/h1-2,7H,3-6,8H2,(H2,12,13)(H,16,17). The zero-order valence-corrected chi connectivity index (χ0v) is 9.54. The smallest absolute Gasteiger partial charge is 0.407 e. The topological polar surface area (TPSA) is 82.7 Å². The summed E-state index contributed by atoms with van der Waals surface area (Å²) in [7, 11) is 0. The molecule has 6 nitrogen and oxygen atoms in total. The van der Waals surface area contributed by atoms with Gasteiger partial charge < -0.3 is 15.7 Å². The van der Waals surface area contributed by atoms with Gasteiger partial charge in [-0.25, -0.2) is 9.78 Å². The number of nitrogens with two attached hydrogens (primary N) is 1. The van der Waals surface area contributed by atoms with Gasteiger partial charge in [0.1, 0.15) is 5.82 Å². The lowest BCUT2D eigenvalue weighted by atomic mass is 10.2. The Bertz CT molecular complexity index is 402. The lowest BCUT2D eigenvalue weighted by Gasteiger charge is -2.33. The van der Waals surface area contributed by atoms with Crippen molar-refractivity contribution in [1.82, 2.24) is 14.8 Å². The van der Waals surface area contributed by atoms with E-state index in [1.54, 1.807) is 6.20 Å². The third kappa shape index (κ3) is 3.07. The summed E-state index contributed by atoms with van der Waals surface area (Å²) in [6.07, 6.45) is 0.857. The Morgan fingerprint density at radius 1 is 1.41 bits per heavy atom. The molecule has 1 aliphatic heterocycles. The van der Waals surface area contributed by atoms with E-state index in [9.17, 15) is 4.79 Å². The first-order valence-electron chi connectivity index (χ1n) is 5.56. The number of piperazine rings is 1. The minimum atomic E-state index is -0.835. The highest BCUT2D eigenvalue weighted by Gasteiger charge is 2.20. The van der Waals surface area contributed by atoms with Gasteiger partial charge in [-0.3, -0.25) is 4.90 Å². The third-order valence-corrected chi connectivity index (χ3v) is 2.89. The molecule has 1 aliphatic rings. The van der Waals surface area contributed by atoms with E-state index in [4.69, 9.17) is 10.8 Å². The molecule has 0 aliphatic carbocycles. The van der Waals surface area contributed by atoms with Crippen molar-refractivity contribution in [3.8, 4) is 0 Å². The monoisotopic (exact) mass is 236 g/mol. The van der Waals surface area contributed by atoms with E-state index in [-0.39, 0.29) is 0 Å². The fraction of sp³-hybridized carbons (Fsp3) is 0.455. The molecule has 17 heavy (non-hydrogen) atoms. The number of rotatable bonds is 2. The molecule has 2 heterocycles. The predicted octanol–water partition coefficient (Wildman–Crippen LogP) is 0.459. The van der Waals surface area contributed by atoms with Crippen LogP contribution in [0.25, 0.3) is 0 Å².